The number of benzene rings is 1. The van der Waals surface area contributed by atoms with E-state index in [0.717, 1.165) is 44.9 Å². The highest BCUT2D eigenvalue weighted by molar-refractivity contribution is 5.66. The largest absolute Gasteiger partial charge is 0.488 e. The molecule has 1 unspecified atom stereocenters. The first-order chi connectivity index (χ1) is 9.24. The molecule has 0 saturated carbocycles. The Labute approximate surface area is 115 Å². The van der Waals surface area contributed by atoms with Gasteiger partial charge in [0, 0.05) is 57.9 Å². The molecule has 1 atom stereocenters. The maximum Gasteiger partial charge on any atom is 0.145 e. The van der Waals surface area contributed by atoms with Gasteiger partial charge in [-0.1, -0.05) is 0 Å². The first-order valence-electron chi connectivity index (χ1n) is 7.21. The van der Waals surface area contributed by atoms with Gasteiger partial charge in [0.2, 0.25) is 0 Å². The van der Waals surface area contributed by atoms with Crippen LogP contribution >= 0.6 is 0 Å². The standard InChI is InChI=1S/C15H23N3O/c1-12-5-8-17(2)14-4-3-13(11-15(14)19-12)18-9-6-16-7-10-18/h3-4,11-12,16H,5-10H2,1-2H3. The molecule has 0 amide bonds. The number of anilines is 2. The minimum atomic E-state index is 0.293. The Morgan fingerprint density at radius 2 is 2.00 bits per heavy atom. The van der Waals surface area contributed by atoms with Crippen molar-refractivity contribution in [2.45, 2.75) is 19.4 Å². The Hall–Kier alpha value is -1.42. The highest BCUT2D eigenvalue weighted by atomic mass is 16.5. The van der Waals surface area contributed by atoms with Crippen molar-refractivity contribution in [2.24, 2.45) is 0 Å². The van der Waals surface area contributed by atoms with Crippen LogP contribution < -0.4 is 19.9 Å². The minimum absolute atomic E-state index is 0.293. The lowest BCUT2D eigenvalue weighted by atomic mass is 10.2. The molecule has 1 fully saturated rings. The second-order valence-corrected chi connectivity index (χ2v) is 5.53. The van der Waals surface area contributed by atoms with Crippen molar-refractivity contribution in [3.63, 3.8) is 0 Å². The molecule has 0 radical (unpaired) electrons. The van der Waals surface area contributed by atoms with E-state index in [4.69, 9.17) is 4.74 Å². The summed E-state index contributed by atoms with van der Waals surface area (Å²) in [6, 6.07) is 6.63. The average molecular weight is 261 g/mol. The van der Waals surface area contributed by atoms with Crippen LogP contribution in [0.3, 0.4) is 0 Å². The number of nitrogens with zero attached hydrogens (tertiary/aromatic N) is 2. The van der Waals surface area contributed by atoms with E-state index in [1.54, 1.807) is 0 Å². The van der Waals surface area contributed by atoms with Crippen molar-refractivity contribution in [3.05, 3.63) is 18.2 Å². The van der Waals surface area contributed by atoms with Gasteiger partial charge in [-0.05, 0) is 19.1 Å². The van der Waals surface area contributed by atoms with E-state index < -0.39 is 0 Å². The Bertz CT molecular complexity index is 443. The summed E-state index contributed by atoms with van der Waals surface area (Å²) in [4.78, 5) is 4.72. The van der Waals surface area contributed by atoms with Gasteiger partial charge < -0.3 is 19.9 Å². The van der Waals surface area contributed by atoms with Gasteiger partial charge in [0.15, 0.2) is 0 Å². The normalized spacial score (nSPS) is 23.6. The van der Waals surface area contributed by atoms with E-state index in [-0.39, 0.29) is 0 Å². The number of hydrogen-bond acceptors (Lipinski definition) is 4. The van der Waals surface area contributed by atoms with Crippen molar-refractivity contribution in [3.8, 4) is 5.75 Å². The lowest BCUT2D eigenvalue weighted by molar-refractivity contribution is 0.221. The summed E-state index contributed by atoms with van der Waals surface area (Å²) in [5.74, 6) is 1.03. The van der Waals surface area contributed by atoms with Crippen molar-refractivity contribution in [1.29, 1.82) is 0 Å². The molecule has 4 nitrogen and oxygen atoms in total. The van der Waals surface area contributed by atoms with E-state index >= 15 is 0 Å². The van der Waals surface area contributed by atoms with Crippen LogP contribution in [0.2, 0.25) is 0 Å². The topological polar surface area (TPSA) is 27.7 Å². The zero-order valence-corrected chi connectivity index (χ0v) is 11.9. The van der Waals surface area contributed by atoms with Gasteiger partial charge in [-0.25, -0.2) is 0 Å². The molecule has 3 rings (SSSR count). The molecule has 1 N–H and O–H groups in total. The maximum atomic E-state index is 6.07. The summed E-state index contributed by atoms with van der Waals surface area (Å²) >= 11 is 0. The van der Waals surface area contributed by atoms with Crippen LogP contribution in [0.1, 0.15) is 13.3 Å². The van der Waals surface area contributed by atoms with Crippen LogP contribution in [-0.4, -0.2) is 45.9 Å². The molecule has 0 aromatic heterocycles. The molecule has 1 aromatic carbocycles. The quantitative estimate of drug-likeness (QED) is 0.833. The third-order valence-corrected chi connectivity index (χ3v) is 4.04. The fraction of sp³-hybridized carbons (Fsp3) is 0.600. The third kappa shape index (κ3) is 2.63. The highest BCUT2D eigenvalue weighted by Gasteiger charge is 2.19. The zero-order valence-electron chi connectivity index (χ0n) is 11.9. The Morgan fingerprint density at radius 1 is 1.21 bits per heavy atom. The Kier molecular flexibility index (Phi) is 3.51. The lowest BCUT2D eigenvalue weighted by Crippen LogP contribution is -2.43. The molecule has 0 bridgehead atoms. The van der Waals surface area contributed by atoms with E-state index in [9.17, 15) is 0 Å². The highest BCUT2D eigenvalue weighted by Crippen LogP contribution is 2.35. The number of hydrogen-bond donors (Lipinski definition) is 1. The first kappa shape index (κ1) is 12.6. The van der Waals surface area contributed by atoms with Crippen molar-refractivity contribution in [2.75, 3.05) is 49.6 Å². The Morgan fingerprint density at radius 3 is 2.79 bits per heavy atom. The predicted octanol–water partition coefficient (Wildman–Crippen LogP) is 1.70. The monoisotopic (exact) mass is 261 g/mol. The molecule has 4 heteroatoms. The second-order valence-electron chi connectivity index (χ2n) is 5.53. The van der Waals surface area contributed by atoms with Gasteiger partial charge in [0.25, 0.3) is 0 Å². The smallest absolute Gasteiger partial charge is 0.145 e. The molecule has 2 aliphatic rings. The molecule has 0 aliphatic carbocycles. The number of ether oxygens (including phenoxy) is 1. The van der Waals surface area contributed by atoms with Crippen LogP contribution in [0.4, 0.5) is 11.4 Å². The summed E-state index contributed by atoms with van der Waals surface area (Å²) in [6.45, 7) is 7.48. The summed E-state index contributed by atoms with van der Waals surface area (Å²) in [6.07, 6.45) is 1.37. The first-order valence-corrected chi connectivity index (χ1v) is 7.21. The van der Waals surface area contributed by atoms with Gasteiger partial charge >= 0.3 is 0 Å². The zero-order chi connectivity index (χ0) is 13.2. The number of fused-ring (bicyclic) bond motifs is 1. The van der Waals surface area contributed by atoms with Crippen LogP contribution in [0.15, 0.2) is 18.2 Å². The fourth-order valence-corrected chi connectivity index (χ4v) is 2.80. The van der Waals surface area contributed by atoms with Crippen LogP contribution in [0.5, 0.6) is 5.75 Å². The summed E-state index contributed by atoms with van der Waals surface area (Å²) in [7, 11) is 2.14. The van der Waals surface area contributed by atoms with Crippen molar-refractivity contribution in [1.82, 2.24) is 5.32 Å². The van der Waals surface area contributed by atoms with Gasteiger partial charge in [0.05, 0.1) is 11.8 Å². The number of piperazine rings is 1. The van der Waals surface area contributed by atoms with Gasteiger partial charge in [-0.2, -0.15) is 0 Å². The molecule has 0 spiro atoms. The average Bonchev–Trinajstić information content (AvgIpc) is 2.59. The molecule has 19 heavy (non-hydrogen) atoms. The summed E-state index contributed by atoms with van der Waals surface area (Å²) < 4.78 is 6.07. The molecule has 1 aromatic rings. The van der Waals surface area contributed by atoms with Crippen molar-refractivity contribution >= 4 is 11.4 Å². The second kappa shape index (κ2) is 5.29. The van der Waals surface area contributed by atoms with Crippen LogP contribution in [0.25, 0.3) is 0 Å². The summed E-state index contributed by atoms with van der Waals surface area (Å²) in [5, 5.41) is 3.39. The number of nitrogens with one attached hydrogen (secondary N) is 1. The van der Waals surface area contributed by atoms with Gasteiger partial charge in [-0.15, -0.1) is 0 Å². The molecule has 2 aliphatic heterocycles. The predicted molar refractivity (Wildman–Crippen MR) is 79.5 cm³/mol. The van der Waals surface area contributed by atoms with Crippen molar-refractivity contribution < 1.29 is 4.74 Å². The SMILES string of the molecule is CC1CCN(C)c2ccc(N3CCNCC3)cc2O1. The van der Waals surface area contributed by atoms with Gasteiger partial charge in [0.1, 0.15) is 5.75 Å². The van der Waals surface area contributed by atoms with E-state index in [0.29, 0.717) is 6.10 Å². The maximum absolute atomic E-state index is 6.07. The van der Waals surface area contributed by atoms with Gasteiger partial charge in [-0.3, -0.25) is 0 Å². The molecule has 1 saturated heterocycles. The molecular formula is C15H23N3O. The van der Waals surface area contributed by atoms with Crippen LogP contribution in [-0.2, 0) is 0 Å². The minimum Gasteiger partial charge on any atom is -0.488 e. The molecular weight excluding hydrogens is 238 g/mol. The third-order valence-electron chi connectivity index (χ3n) is 4.04. The fourth-order valence-electron chi connectivity index (χ4n) is 2.80. The summed E-state index contributed by atoms with van der Waals surface area (Å²) in [5.41, 5.74) is 2.49. The van der Waals surface area contributed by atoms with E-state index in [1.807, 2.05) is 0 Å². The van der Waals surface area contributed by atoms with Crippen LogP contribution in [0, 0.1) is 0 Å². The lowest BCUT2D eigenvalue weighted by Gasteiger charge is -2.30. The van der Waals surface area contributed by atoms with E-state index in [1.165, 1.54) is 11.4 Å². The molecule has 104 valence electrons. The number of rotatable bonds is 1. The van der Waals surface area contributed by atoms with E-state index in [2.05, 4.69) is 47.3 Å². The molecule has 2 heterocycles. The Balaban J connectivity index is 1.88.